The van der Waals surface area contributed by atoms with Crippen molar-refractivity contribution in [3.05, 3.63) is 31.2 Å². The van der Waals surface area contributed by atoms with E-state index in [0.29, 0.717) is 0 Å². The van der Waals surface area contributed by atoms with Gasteiger partial charge in [0.1, 0.15) is 0 Å². The van der Waals surface area contributed by atoms with Crippen LogP contribution in [0.2, 0.25) is 0 Å². The number of hydrogen-bond acceptors (Lipinski definition) is 5. The minimum atomic E-state index is 0.828. The van der Waals surface area contributed by atoms with Crippen molar-refractivity contribution in [3.63, 3.8) is 0 Å². The van der Waals surface area contributed by atoms with E-state index in [1.165, 1.54) is 51.1 Å². The first kappa shape index (κ1) is 20.3. The van der Waals surface area contributed by atoms with Crippen molar-refractivity contribution >= 4 is 28.6 Å². The number of aromatic nitrogens is 2. The molecule has 0 aliphatic heterocycles. The first-order chi connectivity index (χ1) is 13.2. The van der Waals surface area contributed by atoms with Crippen molar-refractivity contribution in [2.24, 2.45) is 4.99 Å². The maximum Gasteiger partial charge on any atom is 0.191 e. The topological polar surface area (TPSA) is 62.2 Å². The first-order valence-electron chi connectivity index (χ1n) is 10.1. The molecule has 148 valence electrons. The van der Waals surface area contributed by atoms with Crippen LogP contribution in [-0.4, -0.2) is 35.6 Å². The van der Waals surface area contributed by atoms with E-state index in [9.17, 15) is 0 Å². The lowest BCUT2D eigenvalue weighted by atomic mass is 10.0. The van der Waals surface area contributed by atoms with Gasteiger partial charge < -0.3 is 10.6 Å². The fourth-order valence-corrected chi connectivity index (χ4v) is 5.34. The fourth-order valence-electron chi connectivity index (χ4n) is 3.21. The van der Waals surface area contributed by atoms with Crippen molar-refractivity contribution in [2.45, 2.75) is 65.7 Å². The zero-order valence-electron chi connectivity index (χ0n) is 16.7. The molecule has 2 N–H and O–H groups in total. The molecule has 0 spiro atoms. The number of aryl methyl sites for hydroxylation is 5. The summed E-state index contributed by atoms with van der Waals surface area (Å²) in [5.41, 5.74) is 2.52. The summed E-state index contributed by atoms with van der Waals surface area (Å²) in [5.74, 6) is 0.904. The van der Waals surface area contributed by atoms with Gasteiger partial charge in [-0.05, 0) is 52.9 Å². The molecule has 2 aromatic heterocycles. The zero-order valence-corrected chi connectivity index (χ0v) is 18.4. The first-order valence-corrected chi connectivity index (χ1v) is 11.7. The second kappa shape index (κ2) is 10.2. The number of fused-ring (bicyclic) bond motifs is 1. The molecule has 1 aliphatic carbocycles. The molecule has 27 heavy (non-hydrogen) atoms. The van der Waals surface area contributed by atoms with Crippen LogP contribution < -0.4 is 10.6 Å². The molecular weight excluding hydrogens is 374 g/mol. The van der Waals surface area contributed by atoms with Gasteiger partial charge in [-0.25, -0.2) is 9.97 Å². The molecule has 3 rings (SSSR count). The second-order valence-corrected chi connectivity index (χ2v) is 9.43. The van der Waals surface area contributed by atoms with Crippen LogP contribution in [0.15, 0.2) is 4.99 Å². The minimum Gasteiger partial charge on any atom is -0.357 e. The number of aliphatic imine (C=N–C) groups is 1. The Balaban J connectivity index is 1.42. The maximum absolute atomic E-state index is 4.83. The van der Waals surface area contributed by atoms with E-state index in [1.54, 1.807) is 11.3 Å². The average Bonchev–Trinajstić information content (AvgIpc) is 3.21. The smallest absolute Gasteiger partial charge is 0.191 e. The summed E-state index contributed by atoms with van der Waals surface area (Å²) in [5, 5.41) is 9.25. The highest BCUT2D eigenvalue weighted by Gasteiger charge is 2.14. The van der Waals surface area contributed by atoms with Gasteiger partial charge in [0.15, 0.2) is 5.96 Å². The van der Waals surface area contributed by atoms with Crippen molar-refractivity contribution in [1.29, 1.82) is 0 Å². The van der Waals surface area contributed by atoms with Gasteiger partial charge in [0.2, 0.25) is 0 Å². The summed E-state index contributed by atoms with van der Waals surface area (Å²) in [7, 11) is 0. The summed E-state index contributed by atoms with van der Waals surface area (Å²) in [6, 6.07) is 0. The number of nitrogens with one attached hydrogen (secondary N) is 2. The molecule has 0 aromatic carbocycles. The number of thiazole rings is 2. The summed E-state index contributed by atoms with van der Waals surface area (Å²) in [6.45, 7) is 8.87. The monoisotopic (exact) mass is 405 g/mol. The van der Waals surface area contributed by atoms with Gasteiger partial charge in [-0.1, -0.05) is 0 Å². The Morgan fingerprint density at radius 3 is 2.59 bits per heavy atom. The van der Waals surface area contributed by atoms with E-state index in [-0.39, 0.29) is 0 Å². The van der Waals surface area contributed by atoms with Crippen LogP contribution >= 0.6 is 22.7 Å². The Morgan fingerprint density at radius 1 is 1.04 bits per heavy atom. The SMILES string of the molecule is CCNC(=NCCCc1nc2c(s1)CCCC2)NCCc1nc(C)c(C)s1. The third-order valence-corrected chi connectivity index (χ3v) is 7.11. The molecule has 0 radical (unpaired) electrons. The van der Waals surface area contributed by atoms with Gasteiger partial charge in [-0.3, -0.25) is 4.99 Å². The highest BCUT2D eigenvalue weighted by atomic mass is 32.1. The summed E-state index contributed by atoms with van der Waals surface area (Å²) in [4.78, 5) is 17.0. The molecule has 5 nitrogen and oxygen atoms in total. The molecule has 0 unspecified atom stereocenters. The molecule has 0 atom stereocenters. The highest BCUT2D eigenvalue weighted by Crippen LogP contribution is 2.27. The van der Waals surface area contributed by atoms with Crippen LogP contribution in [0, 0.1) is 13.8 Å². The Morgan fingerprint density at radius 2 is 1.85 bits per heavy atom. The van der Waals surface area contributed by atoms with E-state index in [2.05, 4.69) is 36.4 Å². The quantitative estimate of drug-likeness (QED) is 0.398. The Kier molecular flexibility index (Phi) is 7.64. The zero-order chi connectivity index (χ0) is 19.1. The number of nitrogens with zero attached hydrogens (tertiary/aromatic N) is 3. The Hall–Kier alpha value is -1.47. The molecule has 7 heteroatoms. The summed E-state index contributed by atoms with van der Waals surface area (Å²) >= 11 is 3.71. The van der Waals surface area contributed by atoms with E-state index in [1.807, 2.05) is 11.3 Å². The molecular formula is C20H31N5S2. The highest BCUT2D eigenvalue weighted by molar-refractivity contribution is 7.12. The summed E-state index contributed by atoms with van der Waals surface area (Å²) in [6.07, 6.45) is 8.07. The summed E-state index contributed by atoms with van der Waals surface area (Å²) < 4.78 is 0. The largest absolute Gasteiger partial charge is 0.357 e. The van der Waals surface area contributed by atoms with E-state index < -0.39 is 0 Å². The third kappa shape index (κ3) is 6.01. The lowest BCUT2D eigenvalue weighted by Gasteiger charge is -2.10. The van der Waals surface area contributed by atoms with Crippen LogP contribution in [-0.2, 0) is 25.7 Å². The normalized spacial score (nSPS) is 14.3. The second-order valence-electron chi connectivity index (χ2n) is 6.97. The molecule has 1 aliphatic rings. The van der Waals surface area contributed by atoms with Gasteiger partial charge in [-0.2, -0.15) is 0 Å². The van der Waals surface area contributed by atoms with Gasteiger partial charge in [0, 0.05) is 42.2 Å². The van der Waals surface area contributed by atoms with Crippen molar-refractivity contribution in [3.8, 4) is 0 Å². The number of rotatable bonds is 8. The van der Waals surface area contributed by atoms with Crippen molar-refractivity contribution < 1.29 is 0 Å². The van der Waals surface area contributed by atoms with Crippen LogP contribution in [0.4, 0.5) is 0 Å². The van der Waals surface area contributed by atoms with E-state index in [4.69, 9.17) is 9.98 Å². The standard InChI is InChI=1S/C20H31N5S2/c1-4-21-20(23-13-11-19-24-14(2)15(3)26-19)22-12-7-10-18-25-16-8-5-6-9-17(16)27-18/h4-13H2,1-3H3,(H2,21,22,23). The molecule has 2 aromatic rings. The van der Waals surface area contributed by atoms with Crippen molar-refractivity contribution in [1.82, 2.24) is 20.6 Å². The van der Waals surface area contributed by atoms with E-state index in [0.717, 1.165) is 50.6 Å². The molecule has 2 heterocycles. The van der Waals surface area contributed by atoms with Crippen LogP contribution in [0.3, 0.4) is 0 Å². The molecule has 0 amide bonds. The molecule has 0 bridgehead atoms. The predicted molar refractivity (Wildman–Crippen MR) is 116 cm³/mol. The van der Waals surface area contributed by atoms with Gasteiger partial charge in [0.05, 0.1) is 21.4 Å². The number of hydrogen-bond donors (Lipinski definition) is 2. The van der Waals surface area contributed by atoms with Crippen LogP contribution in [0.1, 0.15) is 57.3 Å². The molecule has 0 saturated carbocycles. The van der Waals surface area contributed by atoms with Crippen LogP contribution in [0.25, 0.3) is 0 Å². The maximum atomic E-state index is 4.83. The predicted octanol–water partition coefficient (Wildman–Crippen LogP) is 3.83. The van der Waals surface area contributed by atoms with Crippen molar-refractivity contribution in [2.75, 3.05) is 19.6 Å². The Labute approximate surface area is 170 Å². The molecule has 0 fully saturated rings. The minimum absolute atomic E-state index is 0.828. The average molecular weight is 406 g/mol. The lowest BCUT2D eigenvalue weighted by molar-refractivity contribution is 0.679. The van der Waals surface area contributed by atoms with Gasteiger partial charge >= 0.3 is 0 Å². The van der Waals surface area contributed by atoms with Gasteiger partial charge in [-0.15, -0.1) is 22.7 Å². The van der Waals surface area contributed by atoms with Gasteiger partial charge in [0.25, 0.3) is 0 Å². The number of guanidine groups is 1. The van der Waals surface area contributed by atoms with Crippen LogP contribution in [0.5, 0.6) is 0 Å². The third-order valence-electron chi connectivity index (χ3n) is 4.76. The fraction of sp³-hybridized carbons (Fsp3) is 0.650. The Bertz CT molecular complexity index is 720. The molecule has 0 saturated heterocycles. The lowest BCUT2D eigenvalue weighted by Crippen LogP contribution is -2.38. The van der Waals surface area contributed by atoms with E-state index >= 15 is 0 Å².